The monoisotopic (exact) mass is 252 g/mol. The number of benzene rings is 1. The van der Waals surface area contributed by atoms with E-state index in [1.807, 2.05) is 18.2 Å². The molecule has 1 aromatic heterocycles. The summed E-state index contributed by atoms with van der Waals surface area (Å²) in [6.45, 7) is 0. The Hall–Kier alpha value is -1.29. The molecule has 0 amide bonds. The van der Waals surface area contributed by atoms with Crippen molar-refractivity contribution in [3.63, 3.8) is 0 Å². The minimum absolute atomic E-state index is 0.630. The minimum Gasteiger partial charge on any atom is -0.497 e. The maximum Gasteiger partial charge on any atom is 0.119 e. The Bertz CT molecular complexity index is 485. The number of anilines is 1. The minimum atomic E-state index is 0.630. The average molecular weight is 253 g/mol. The van der Waals surface area contributed by atoms with E-state index in [0.29, 0.717) is 5.69 Å². The van der Waals surface area contributed by atoms with Gasteiger partial charge in [-0.05, 0) is 34.1 Å². The van der Waals surface area contributed by atoms with Crippen molar-refractivity contribution in [1.29, 1.82) is 0 Å². The molecule has 0 atom stereocenters. The van der Waals surface area contributed by atoms with Crippen LogP contribution in [0.25, 0.3) is 10.9 Å². The van der Waals surface area contributed by atoms with Gasteiger partial charge in [-0.2, -0.15) is 0 Å². The molecular formula is C10H9BrN2O. The molecule has 0 bridgehead atoms. The second-order valence-electron chi connectivity index (χ2n) is 2.91. The highest BCUT2D eigenvalue weighted by molar-refractivity contribution is 9.10. The molecule has 1 heterocycles. The molecule has 0 fully saturated rings. The van der Waals surface area contributed by atoms with Crippen LogP contribution in [-0.2, 0) is 0 Å². The van der Waals surface area contributed by atoms with Gasteiger partial charge in [0.1, 0.15) is 5.75 Å². The maximum absolute atomic E-state index is 5.73. The number of rotatable bonds is 1. The van der Waals surface area contributed by atoms with Gasteiger partial charge in [0.15, 0.2) is 0 Å². The van der Waals surface area contributed by atoms with E-state index >= 15 is 0 Å². The van der Waals surface area contributed by atoms with E-state index < -0.39 is 0 Å². The number of ether oxygens (including phenoxy) is 1. The Morgan fingerprint density at radius 1 is 1.43 bits per heavy atom. The Balaban J connectivity index is 2.78. The lowest BCUT2D eigenvalue weighted by Crippen LogP contribution is -1.91. The van der Waals surface area contributed by atoms with Crippen molar-refractivity contribution < 1.29 is 4.74 Å². The van der Waals surface area contributed by atoms with Crippen LogP contribution in [0, 0.1) is 0 Å². The molecule has 0 unspecified atom stereocenters. The first-order valence-corrected chi connectivity index (χ1v) is 4.89. The second-order valence-corrected chi connectivity index (χ2v) is 3.70. The number of methoxy groups -OCH3 is 1. The molecule has 0 saturated carbocycles. The van der Waals surface area contributed by atoms with Crippen molar-refractivity contribution in [2.45, 2.75) is 0 Å². The van der Waals surface area contributed by atoms with Gasteiger partial charge in [-0.15, -0.1) is 0 Å². The van der Waals surface area contributed by atoms with Crippen molar-refractivity contribution in [2.75, 3.05) is 12.8 Å². The van der Waals surface area contributed by atoms with Crippen LogP contribution in [0.3, 0.4) is 0 Å². The number of pyridine rings is 1. The number of fused-ring (bicyclic) bond motifs is 1. The summed E-state index contributed by atoms with van der Waals surface area (Å²) >= 11 is 3.42. The molecule has 72 valence electrons. The van der Waals surface area contributed by atoms with Crippen LogP contribution in [0.2, 0.25) is 0 Å². The molecule has 2 N–H and O–H groups in total. The zero-order valence-corrected chi connectivity index (χ0v) is 9.21. The van der Waals surface area contributed by atoms with Crippen LogP contribution in [-0.4, -0.2) is 12.1 Å². The normalized spacial score (nSPS) is 10.4. The lowest BCUT2D eigenvalue weighted by Gasteiger charge is -2.05. The summed E-state index contributed by atoms with van der Waals surface area (Å²) in [4.78, 5) is 4.21. The number of aromatic nitrogens is 1. The molecule has 4 heteroatoms. The van der Waals surface area contributed by atoms with E-state index in [1.54, 1.807) is 13.3 Å². The summed E-state index contributed by atoms with van der Waals surface area (Å²) in [6.07, 6.45) is 1.64. The lowest BCUT2D eigenvalue weighted by atomic mass is 10.2. The first-order valence-electron chi connectivity index (χ1n) is 4.10. The van der Waals surface area contributed by atoms with Crippen LogP contribution < -0.4 is 10.5 Å². The zero-order valence-electron chi connectivity index (χ0n) is 7.62. The lowest BCUT2D eigenvalue weighted by molar-refractivity contribution is 0.415. The Morgan fingerprint density at radius 3 is 2.93 bits per heavy atom. The fourth-order valence-corrected chi connectivity index (χ4v) is 1.70. The fraction of sp³-hybridized carbons (Fsp3) is 0.100. The maximum atomic E-state index is 5.73. The van der Waals surface area contributed by atoms with E-state index in [2.05, 4.69) is 20.9 Å². The average Bonchev–Trinajstić information content (AvgIpc) is 2.23. The topological polar surface area (TPSA) is 48.1 Å². The van der Waals surface area contributed by atoms with Crippen LogP contribution >= 0.6 is 15.9 Å². The third-order valence-electron chi connectivity index (χ3n) is 2.04. The summed E-state index contributed by atoms with van der Waals surface area (Å²) in [7, 11) is 1.63. The van der Waals surface area contributed by atoms with Crippen molar-refractivity contribution in [3.05, 3.63) is 28.9 Å². The van der Waals surface area contributed by atoms with Gasteiger partial charge in [0.05, 0.1) is 29.0 Å². The van der Waals surface area contributed by atoms with Crippen molar-refractivity contribution in [2.24, 2.45) is 0 Å². The smallest absolute Gasteiger partial charge is 0.119 e. The molecule has 0 radical (unpaired) electrons. The van der Waals surface area contributed by atoms with Gasteiger partial charge < -0.3 is 10.5 Å². The van der Waals surface area contributed by atoms with Crippen molar-refractivity contribution in [1.82, 2.24) is 4.98 Å². The van der Waals surface area contributed by atoms with Crippen LogP contribution in [0.5, 0.6) is 5.75 Å². The summed E-state index contributed by atoms with van der Waals surface area (Å²) in [5.41, 5.74) is 7.25. The molecule has 0 spiro atoms. The van der Waals surface area contributed by atoms with Gasteiger partial charge in [-0.1, -0.05) is 0 Å². The first kappa shape index (κ1) is 9.27. The van der Waals surface area contributed by atoms with E-state index in [0.717, 1.165) is 21.1 Å². The fourth-order valence-electron chi connectivity index (χ4n) is 1.28. The van der Waals surface area contributed by atoms with E-state index in [1.165, 1.54) is 0 Å². The van der Waals surface area contributed by atoms with E-state index in [4.69, 9.17) is 10.5 Å². The molecule has 1 aromatic carbocycles. The molecule has 14 heavy (non-hydrogen) atoms. The van der Waals surface area contributed by atoms with E-state index in [-0.39, 0.29) is 0 Å². The molecule has 0 aliphatic rings. The number of hydrogen-bond donors (Lipinski definition) is 1. The third-order valence-corrected chi connectivity index (χ3v) is 2.92. The predicted octanol–water partition coefficient (Wildman–Crippen LogP) is 2.59. The van der Waals surface area contributed by atoms with Gasteiger partial charge in [0.25, 0.3) is 0 Å². The molecule has 0 aliphatic carbocycles. The van der Waals surface area contributed by atoms with Crippen LogP contribution in [0.4, 0.5) is 5.69 Å². The first-order chi connectivity index (χ1) is 6.72. The molecule has 2 aromatic rings. The number of nitrogens with zero attached hydrogens (tertiary/aromatic N) is 1. The highest BCUT2D eigenvalue weighted by Crippen LogP contribution is 2.30. The van der Waals surface area contributed by atoms with Gasteiger partial charge in [0.2, 0.25) is 0 Å². The molecular weight excluding hydrogens is 244 g/mol. The molecule has 0 aliphatic heterocycles. The van der Waals surface area contributed by atoms with Crippen LogP contribution in [0.15, 0.2) is 28.9 Å². The summed E-state index contributed by atoms with van der Waals surface area (Å²) < 4.78 is 5.99. The van der Waals surface area contributed by atoms with Crippen molar-refractivity contribution in [3.8, 4) is 5.75 Å². The molecule has 0 saturated heterocycles. The standard InChI is InChI=1S/C10H9BrN2O/c1-14-6-2-3-9-7(4-6)10(11)8(12)5-13-9/h2-5H,12H2,1H3. The third kappa shape index (κ3) is 1.42. The second kappa shape index (κ2) is 3.46. The Kier molecular flexibility index (Phi) is 2.29. The highest BCUT2D eigenvalue weighted by atomic mass is 79.9. The summed E-state index contributed by atoms with van der Waals surface area (Å²) in [6, 6.07) is 5.68. The van der Waals surface area contributed by atoms with Gasteiger partial charge >= 0.3 is 0 Å². The zero-order chi connectivity index (χ0) is 10.1. The number of halogens is 1. The van der Waals surface area contributed by atoms with E-state index in [9.17, 15) is 0 Å². The summed E-state index contributed by atoms with van der Waals surface area (Å²) in [5, 5.41) is 0.962. The van der Waals surface area contributed by atoms with Gasteiger partial charge in [0, 0.05) is 5.39 Å². The van der Waals surface area contributed by atoms with Crippen molar-refractivity contribution >= 4 is 32.5 Å². The molecule has 3 nitrogen and oxygen atoms in total. The summed E-state index contributed by atoms with van der Waals surface area (Å²) in [5.74, 6) is 0.797. The Labute approximate surface area is 90.0 Å². The largest absolute Gasteiger partial charge is 0.497 e. The van der Waals surface area contributed by atoms with Gasteiger partial charge in [-0.25, -0.2) is 0 Å². The highest BCUT2D eigenvalue weighted by Gasteiger charge is 2.04. The quantitative estimate of drug-likeness (QED) is 0.849. The molecule has 2 rings (SSSR count). The number of hydrogen-bond acceptors (Lipinski definition) is 3. The number of nitrogen functional groups attached to an aromatic ring is 1. The Morgan fingerprint density at radius 2 is 2.21 bits per heavy atom. The van der Waals surface area contributed by atoms with Crippen LogP contribution in [0.1, 0.15) is 0 Å². The predicted molar refractivity (Wildman–Crippen MR) is 60.4 cm³/mol. The SMILES string of the molecule is COc1ccc2ncc(N)c(Br)c2c1. The van der Waals surface area contributed by atoms with Gasteiger partial charge in [-0.3, -0.25) is 4.98 Å². The number of nitrogens with two attached hydrogens (primary N) is 1.